The molecule has 0 aromatic rings. The zero-order valence-electron chi connectivity index (χ0n) is 11.8. The number of hydrogen-bond acceptors (Lipinski definition) is 3. The second-order valence-corrected chi connectivity index (χ2v) is 5.78. The van der Waals surface area contributed by atoms with Crippen LogP contribution in [0.5, 0.6) is 0 Å². The lowest BCUT2D eigenvalue weighted by Crippen LogP contribution is -2.43. The number of carboxylic acid groups (broad SMARTS) is 1. The molecule has 1 N–H and O–H groups in total. The summed E-state index contributed by atoms with van der Waals surface area (Å²) in [5.41, 5.74) is 0. The van der Waals surface area contributed by atoms with E-state index in [4.69, 9.17) is 5.11 Å². The van der Waals surface area contributed by atoms with Gasteiger partial charge in [-0.2, -0.15) is 0 Å². The van der Waals surface area contributed by atoms with Crippen molar-refractivity contribution in [3.8, 4) is 0 Å². The highest BCUT2D eigenvalue weighted by Gasteiger charge is 2.21. The Hall–Kier alpha value is -0.710. The summed E-state index contributed by atoms with van der Waals surface area (Å²) in [6.45, 7) is 9.09. The van der Waals surface area contributed by atoms with Crippen LogP contribution in [-0.4, -0.2) is 46.0 Å². The second-order valence-electron chi connectivity index (χ2n) is 4.80. The first kappa shape index (κ1) is 17.3. The van der Waals surface area contributed by atoms with Gasteiger partial charge >= 0.3 is 5.97 Å². The second kappa shape index (κ2) is 9.25. The van der Waals surface area contributed by atoms with Crippen LogP contribution in [0.25, 0.3) is 0 Å². The lowest BCUT2D eigenvalue weighted by atomic mass is 10.1. The van der Waals surface area contributed by atoms with E-state index >= 15 is 0 Å². The fourth-order valence-corrected chi connectivity index (χ4v) is 2.50. The van der Waals surface area contributed by atoms with E-state index in [1.54, 1.807) is 0 Å². The number of aliphatic carboxylic acids is 1. The molecule has 0 radical (unpaired) electrons. The number of nitrogens with zero attached hydrogens (tertiary/aromatic N) is 1. The molecule has 0 heterocycles. The zero-order chi connectivity index (χ0) is 14.1. The standard InChI is InChI=1S/C13H25NO3S/c1-5-11(6-2)14(7-10(3)4)12(15)8-18-9-13(16)17/h10-11H,5-9H2,1-4H3,(H,16,17). The van der Waals surface area contributed by atoms with E-state index in [1.807, 2.05) is 4.90 Å². The van der Waals surface area contributed by atoms with Crippen molar-refractivity contribution in [3.05, 3.63) is 0 Å². The summed E-state index contributed by atoms with van der Waals surface area (Å²) in [6, 6.07) is 0.269. The van der Waals surface area contributed by atoms with Gasteiger partial charge in [0.05, 0.1) is 11.5 Å². The third-order valence-corrected chi connectivity index (χ3v) is 3.62. The van der Waals surface area contributed by atoms with E-state index in [0.717, 1.165) is 19.4 Å². The summed E-state index contributed by atoms with van der Waals surface area (Å²) in [5.74, 6) is -0.131. The van der Waals surface area contributed by atoms with Crippen LogP contribution in [0.1, 0.15) is 40.5 Å². The Bertz CT molecular complexity index is 265. The molecule has 106 valence electrons. The smallest absolute Gasteiger partial charge is 0.313 e. The molecule has 0 atom stereocenters. The molecule has 0 unspecified atom stereocenters. The van der Waals surface area contributed by atoms with E-state index in [-0.39, 0.29) is 23.5 Å². The molecule has 0 aromatic heterocycles. The van der Waals surface area contributed by atoms with Crippen molar-refractivity contribution < 1.29 is 14.7 Å². The molecule has 0 saturated carbocycles. The van der Waals surface area contributed by atoms with E-state index in [2.05, 4.69) is 27.7 Å². The first-order valence-corrected chi connectivity index (χ1v) is 7.66. The van der Waals surface area contributed by atoms with Gasteiger partial charge < -0.3 is 10.0 Å². The molecule has 18 heavy (non-hydrogen) atoms. The quantitative estimate of drug-likeness (QED) is 0.702. The van der Waals surface area contributed by atoms with Gasteiger partial charge in [0.25, 0.3) is 0 Å². The Morgan fingerprint density at radius 1 is 1.17 bits per heavy atom. The first-order valence-electron chi connectivity index (χ1n) is 6.51. The maximum atomic E-state index is 12.1. The largest absolute Gasteiger partial charge is 0.481 e. The van der Waals surface area contributed by atoms with Gasteiger partial charge in [0.15, 0.2) is 0 Å². The predicted octanol–water partition coefficient (Wildman–Crippen LogP) is 2.48. The van der Waals surface area contributed by atoms with Crippen molar-refractivity contribution in [1.29, 1.82) is 0 Å². The fourth-order valence-electron chi connectivity index (χ4n) is 1.89. The summed E-state index contributed by atoms with van der Waals surface area (Å²) >= 11 is 1.17. The van der Waals surface area contributed by atoms with Gasteiger partial charge in [-0.1, -0.05) is 27.7 Å². The van der Waals surface area contributed by atoms with Gasteiger partial charge in [0.1, 0.15) is 0 Å². The molecule has 5 heteroatoms. The average Bonchev–Trinajstić information content (AvgIpc) is 2.28. The van der Waals surface area contributed by atoms with Crippen molar-refractivity contribution >= 4 is 23.6 Å². The summed E-state index contributed by atoms with van der Waals surface area (Å²) in [4.78, 5) is 24.5. The molecule has 0 bridgehead atoms. The molecule has 0 aliphatic carbocycles. The Kier molecular flexibility index (Phi) is 8.89. The average molecular weight is 275 g/mol. The number of thioether (sulfide) groups is 1. The number of hydrogen-bond donors (Lipinski definition) is 1. The highest BCUT2D eigenvalue weighted by Crippen LogP contribution is 2.14. The third kappa shape index (κ3) is 6.89. The van der Waals surface area contributed by atoms with E-state index in [0.29, 0.717) is 5.92 Å². The molecular weight excluding hydrogens is 250 g/mol. The number of carbonyl (C=O) groups is 2. The summed E-state index contributed by atoms with van der Waals surface area (Å²) in [6.07, 6.45) is 1.89. The molecule has 0 rings (SSSR count). The molecule has 1 amide bonds. The van der Waals surface area contributed by atoms with E-state index in [1.165, 1.54) is 11.8 Å². The highest BCUT2D eigenvalue weighted by atomic mass is 32.2. The Labute approximate surface area is 114 Å². The van der Waals surface area contributed by atoms with Gasteiger partial charge in [0.2, 0.25) is 5.91 Å². The van der Waals surface area contributed by atoms with Crippen LogP contribution in [0, 0.1) is 5.92 Å². The molecular formula is C13H25NO3S. The van der Waals surface area contributed by atoms with Crippen molar-refractivity contribution in [2.45, 2.75) is 46.6 Å². The molecule has 0 spiro atoms. The summed E-state index contributed by atoms with van der Waals surface area (Å²) in [5, 5.41) is 8.57. The number of carbonyl (C=O) groups excluding carboxylic acids is 1. The van der Waals surface area contributed by atoms with Gasteiger partial charge in [-0.15, -0.1) is 11.8 Å². The number of rotatable bonds is 9. The minimum Gasteiger partial charge on any atom is -0.481 e. The molecule has 0 fully saturated rings. The van der Waals surface area contributed by atoms with E-state index in [9.17, 15) is 9.59 Å². The SMILES string of the molecule is CCC(CC)N(CC(C)C)C(=O)CSCC(=O)O. The molecule has 0 saturated heterocycles. The topological polar surface area (TPSA) is 57.6 Å². The number of carboxylic acids is 1. The van der Waals surface area contributed by atoms with Crippen molar-refractivity contribution in [2.24, 2.45) is 5.92 Å². The van der Waals surface area contributed by atoms with Gasteiger partial charge in [-0.25, -0.2) is 0 Å². The summed E-state index contributed by atoms with van der Waals surface area (Å²) in [7, 11) is 0. The molecule has 4 nitrogen and oxygen atoms in total. The minimum absolute atomic E-state index is 0.00975. The Morgan fingerprint density at radius 3 is 2.11 bits per heavy atom. The molecule has 0 aliphatic rings. The highest BCUT2D eigenvalue weighted by molar-refractivity contribution is 8.00. The van der Waals surface area contributed by atoms with Crippen LogP contribution >= 0.6 is 11.8 Å². The van der Waals surface area contributed by atoms with Crippen molar-refractivity contribution in [2.75, 3.05) is 18.1 Å². The normalized spacial score (nSPS) is 11.0. The first-order chi connectivity index (χ1) is 8.42. The predicted molar refractivity (Wildman–Crippen MR) is 75.9 cm³/mol. The Balaban J connectivity index is 4.43. The number of amides is 1. The minimum atomic E-state index is -0.870. The van der Waals surface area contributed by atoms with Crippen LogP contribution in [0.3, 0.4) is 0 Å². The van der Waals surface area contributed by atoms with Crippen LogP contribution in [0.2, 0.25) is 0 Å². The third-order valence-electron chi connectivity index (χ3n) is 2.72. The lowest BCUT2D eigenvalue weighted by molar-refractivity contribution is -0.133. The van der Waals surface area contributed by atoms with Crippen molar-refractivity contribution in [1.82, 2.24) is 4.90 Å². The lowest BCUT2D eigenvalue weighted by Gasteiger charge is -2.32. The maximum absolute atomic E-state index is 12.1. The van der Waals surface area contributed by atoms with Gasteiger partial charge in [-0.3, -0.25) is 9.59 Å². The van der Waals surface area contributed by atoms with Crippen LogP contribution < -0.4 is 0 Å². The fraction of sp³-hybridized carbons (Fsp3) is 0.846. The van der Waals surface area contributed by atoms with E-state index < -0.39 is 5.97 Å². The maximum Gasteiger partial charge on any atom is 0.313 e. The van der Waals surface area contributed by atoms with Gasteiger partial charge in [-0.05, 0) is 18.8 Å². The monoisotopic (exact) mass is 275 g/mol. The van der Waals surface area contributed by atoms with Gasteiger partial charge in [0, 0.05) is 12.6 Å². The zero-order valence-corrected chi connectivity index (χ0v) is 12.6. The van der Waals surface area contributed by atoms with Crippen LogP contribution in [-0.2, 0) is 9.59 Å². The summed E-state index contributed by atoms with van der Waals surface area (Å²) < 4.78 is 0. The van der Waals surface area contributed by atoms with Crippen molar-refractivity contribution in [3.63, 3.8) is 0 Å². The molecule has 0 aliphatic heterocycles. The van der Waals surface area contributed by atoms with Crippen LogP contribution in [0.4, 0.5) is 0 Å². The Morgan fingerprint density at radius 2 is 1.72 bits per heavy atom. The van der Waals surface area contributed by atoms with Crippen LogP contribution in [0.15, 0.2) is 0 Å². The molecule has 0 aromatic carbocycles.